The normalized spacial score (nSPS) is 10.4. The first kappa shape index (κ1) is 16.7. The van der Waals surface area contributed by atoms with E-state index in [0.29, 0.717) is 22.1 Å². The fourth-order valence-electron chi connectivity index (χ4n) is 2.06. The number of benzene rings is 2. The molecule has 2 N–H and O–H groups in total. The predicted molar refractivity (Wildman–Crippen MR) is 102 cm³/mol. The van der Waals surface area contributed by atoms with Gasteiger partial charge in [-0.3, -0.25) is 9.59 Å². The minimum atomic E-state index is -0.504. The van der Waals surface area contributed by atoms with E-state index in [1.54, 1.807) is 30.3 Å². The van der Waals surface area contributed by atoms with Crippen molar-refractivity contribution in [3.63, 3.8) is 0 Å². The van der Waals surface area contributed by atoms with E-state index in [1.165, 1.54) is 6.20 Å². The van der Waals surface area contributed by atoms with Crippen LogP contribution in [0.3, 0.4) is 0 Å². The first-order chi connectivity index (χ1) is 11.5. The highest BCUT2D eigenvalue weighted by molar-refractivity contribution is 14.1. The second-order valence-corrected chi connectivity index (χ2v) is 6.51. The van der Waals surface area contributed by atoms with Crippen molar-refractivity contribution in [2.75, 3.05) is 5.32 Å². The topological polar surface area (TPSA) is 74.8 Å². The van der Waals surface area contributed by atoms with E-state index in [0.717, 1.165) is 3.57 Å². The molecule has 3 aromatic rings. The summed E-state index contributed by atoms with van der Waals surface area (Å²) in [6.07, 6.45) is 1.27. The standard InChI is InChI=1S/C17H11ClIN3O2/c18-11-7-5-10(6-8-11)15-20-9-12(17(24)22-15)16(23)21-14-4-2-1-3-13(14)19/h1-9H,(H,21,23)(H,20,22,24). The van der Waals surface area contributed by atoms with Gasteiger partial charge in [-0.25, -0.2) is 4.98 Å². The number of nitrogens with zero attached hydrogens (tertiary/aromatic N) is 1. The number of hydrogen-bond donors (Lipinski definition) is 2. The van der Waals surface area contributed by atoms with Crippen LogP contribution in [0, 0.1) is 3.57 Å². The molecular formula is C17H11ClIN3O2. The average molecular weight is 452 g/mol. The minimum Gasteiger partial charge on any atom is -0.321 e. The molecule has 0 aliphatic carbocycles. The van der Waals surface area contributed by atoms with Crippen molar-refractivity contribution in [1.29, 1.82) is 0 Å². The van der Waals surface area contributed by atoms with Gasteiger partial charge < -0.3 is 10.3 Å². The lowest BCUT2D eigenvalue weighted by Gasteiger charge is -2.07. The van der Waals surface area contributed by atoms with Crippen molar-refractivity contribution < 1.29 is 4.79 Å². The second-order valence-electron chi connectivity index (χ2n) is 4.92. The Hall–Kier alpha value is -2.19. The number of hydrogen-bond acceptors (Lipinski definition) is 3. The summed E-state index contributed by atoms with van der Waals surface area (Å²) < 4.78 is 0.880. The Morgan fingerprint density at radius 1 is 1.12 bits per heavy atom. The number of amides is 1. The van der Waals surface area contributed by atoms with Gasteiger partial charge in [0.25, 0.3) is 11.5 Å². The van der Waals surface area contributed by atoms with E-state index >= 15 is 0 Å². The van der Waals surface area contributed by atoms with E-state index in [2.05, 4.69) is 37.9 Å². The lowest BCUT2D eigenvalue weighted by molar-refractivity contribution is 0.102. The SMILES string of the molecule is O=C(Nc1ccccc1I)c1cnc(-c2ccc(Cl)cc2)[nH]c1=O. The summed E-state index contributed by atoms with van der Waals surface area (Å²) in [5.41, 5.74) is 0.802. The maximum Gasteiger partial charge on any atom is 0.264 e. The maximum atomic E-state index is 12.3. The zero-order chi connectivity index (χ0) is 17.1. The van der Waals surface area contributed by atoms with Crippen LogP contribution in [-0.2, 0) is 0 Å². The Morgan fingerprint density at radius 2 is 1.83 bits per heavy atom. The van der Waals surface area contributed by atoms with Gasteiger partial charge in [-0.2, -0.15) is 0 Å². The Labute approximate surface area is 156 Å². The van der Waals surface area contributed by atoms with E-state index < -0.39 is 11.5 Å². The van der Waals surface area contributed by atoms with Crippen LogP contribution in [0.2, 0.25) is 5.02 Å². The molecule has 0 atom stereocenters. The monoisotopic (exact) mass is 451 g/mol. The largest absolute Gasteiger partial charge is 0.321 e. The van der Waals surface area contributed by atoms with E-state index in [-0.39, 0.29) is 5.56 Å². The lowest BCUT2D eigenvalue weighted by atomic mass is 10.2. The number of carbonyl (C=O) groups excluding carboxylic acids is 1. The van der Waals surface area contributed by atoms with Gasteiger partial charge in [-0.1, -0.05) is 23.7 Å². The Bertz CT molecular complexity index is 955. The molecule has 0 unspecified atom stereocenters. The highest BCUT2D eigenvalue weighted by Gasteiger charge is 2.14. The Balaban J connectivity index is 1.87. The number of para-hydroxylation sites is 1. The molecule has 120 valence electrons. The van der Waals surface area contributed by atoms with Crippen molar-refractivity contribution in [2.24, 2.45) is 0 Å². The van der Waals surface area contributed by atoms with Crippen LogP contribution in [0.5, 0.6) is 0 Å². The third-order valence-corrected chi connectivity index (χ3v) is 4.48. The number of anilines is 1. The van der Waals surface area contributed by atoms with Gasteiger partial charge in [0.15, 0.2) is 0 Å². The molecule has 1 aromatic heterocycles. The zero-order valence-corrected chi connectivity index (χ0v) is 15.1. The summed E-state index contributed by atoms with van der Waals surface area (Å²) >= 11 is 7.95. The molecule has 7 heteroatoms. The first-order valence-electron chi connectivity index (χ1n) is 6.96. The summed E-state index contributed by atoms with van der Waals surface area (Å²) in [6, 6.07) is 14.2. The van der Waals surface area contributed by atoms with Crippen molar-refractivity contribution in [2.45, 2.75) is 0 Å². The number of aromatic nitrogens is 2. The summed E-state index contributed by atoms with van der Waals surface area (Å²) in [5, 5.41) is 3.30. The van der Waals surface area contributed by atoms with Crippen LogP contribution in [0.4, 0.5) is 5.69 Å². The molecule has 2 aromatic carbocycles. The highest BCUT2D eigenvalue weighted by Crippen LogP contribution is 2.18. The van der Waals surface area contributed by atoms with Crippen LogP contribution in [-0.4, -0.2) is 15.9 Å². The highest BCUT2D eigenvalue weighted by atomic mass is 127. The number of aromatic amines is 1. The molecule has 0 aliphatic rings. The van der Waals surface area contributed by atoms with Crippen molar-refractivity contribution in [3.05, 3.63) is 79.2 Å². The predicted octanol–water partition coefficient (Wildman–Crippen LogP) is 3.95. The minimum absolute atomic E-state index is 0.0487. The second kappa shape index (κ2) is 7.14. The number of halogens is 2. The fraction of sp³-hybridized carbons (Fsp3) is 0. The van der Waals surface area contributed by atoms with Crippen molar-refractivity contribution in [3.8, 4) is 11.4 Å². The zero-order valence-electron chi connectivity index (χ0n) is 12.2. The molecule has 0 fully saturated rings. The van der Waals surface area contributed by atoms with Gasteiger partial charge in [0.05, 0.1) is 5.69 Å². The molecule has 0 aliphatic heterocycles. The molecule has 0 saturated carbocycles. The van der Waals surface area contributed by atoms with Crippen LogP contribution in [0.15, 0.2) is 59.5 Å². The van der Waals surface area contributed by atoms with Gasteiger partial charge in [-0.05, 0) is 59.0 Å². The molecule has 24 heavy (non-hydrogen) atoms. The van der Waals surface area contributed by atoms with Crippen LogP contribution < -0.4 is 10.9 Å². The number of carbonyl (C=O) groups is 1. The van der Waals surface area contributed by atoms with Crippen LogP contribution >= 0.6 is 34.2 Å². The molecule has 5 nitrogen and oxygen atoms in total. The molecule has 1 heterocycles. The van der Waals surface area contributed by atoms with Crippen LogP contribution in [0.25, 0.3) is 11.4 Å². The van der Waals surface area contributed by atoms with Gasteiger partial charge in [0.1, 0.15) is 11.4 Å². The van der Waals surface area contributed by atoms with Gasteiger partial charge in [0.2, 0.25) is 0 Å². The molecule has 0 saturated heterocycles. The van der Waals surface area contributed by atoms with E-state index in [9.17, 15) is 9.59 Å². The summed E-state index contributed by atoms with van der Waals surface area (Å²) in [5.74, 6) is -0.127. The van der Waals surface area contributed by atoms with Crippen LogP contribution in [0.1, 0.15) is 10.4 Å². The summed E-state index contributed by atoms with van der Waals surface area (Å²) in [7, 11) is 0. The first-order valence-corrected chi connectivity index (χ1v) is 8.41. The lowest BCUT2D eigenvalue weighted by Crippen LogP contribution is -2.24. The van der Waals surface area contributed by atoms with E-state index in [4.69, 9.17) is 11.6 Å². The maximum absolute atomic E-state index is 12.3. The smallest absolute Gasteiger partial charge is 0.264 e. The average Bonchev–Trinajstić information content (AvgIpc) is 2.57. The number of rotatable bonds is 3. The molecular weight excluding hydrogens is 441 g/mol. The van der Waals surface area contributed by atoms with Crippen molar-refractivity contribution >= 4 is 45.8 Å². The Kier molecular flexibility index (Phi) is 4.96. The van der Waals surface area contributed by atoms with Gasteiger partial charge in [0, 0.05) is 20.4 Å². The Morgan fingerprint density at radius 3 is 2.50 bits per heavy atom. The van der Waals surface area contributed by atoms with Crippen molar-refractivity contribution in [1.82, 2.24) is 9.97 Å². The summed E-state index contributed by atoms with van der Waals surface area (Å²) in [4.78, 5) is 31.3. The van der Waals surface area contributed by atoms with Gasteiger partial charge in [-0.15, -0.1) is 0 Å². The molecule has 3 rings (SSSR count). The quantitative estimate of drug-likeness (QED) is 0.592. The number of nitrogens with one attached hydrogen (secondary N) is 2. The fourth-order valence-corrected chi connectivity index (χ4v) is 2.71. The van der Waals surface area contributed by atoms with Gasteiger partial charge >= 0.3 is 0 Å². The molecule has 0 radical (unpaired) electrons. The third kappa shape index (κ3) is 3.65. The molecule has 1 amide bonds. The number of H-pyrrole nitrogens is 1. The van der Waals surface area contributed by atoms with E-state index in [1.807, 2.05) is 18.2 Å². The third-order valence-electron chi connectivity index (χ3n) is 3.28. The molecule has 0 bridgehead atoms. The molecule has 0 spiro atoms. The summed E-state index contributed by atoms with van der Waals surface area (Å²) in [6.45, 7) is 0.